The van der Waals surface area contributed by atoms with E-state index >= 15 is 0 Å². The molecule has 4 nitrogen and oxygen atoms in total. The van der Waals surface area contributed by atoms with E-state index in [0.717, 1.165) is 62.7 Å². The fraction of sp³-hybridized carbons (Fsp3) is 0.667. The molecule has 3 aliphatic rings. The summed E-state index contributed by atoms with van der Waals surface area (Å²) in [5.41, 5.74) is -0.348. The fourth-order valence-electron chi connectivity index (χ4n) is 4.76. The summed E-state index contributed by atoms with van der Waals surface area (Å²) >= 11 is 0. The van der Waals surface area contributed by atoms with Gasteiger partial charge in [-0.15, -0.1) is 0 Å². The van der Waals surface area contributed by atoms with E-state index in [1.54, 1.807) is 7.11 Å². The molecule has 1 saturated heterocycles. The normalized spacial score (nSPS) is 28.5. The molecule has 1 aromatic rings. The highest BCUT2D eigenvalue weighted by atomic mass is 16.7. The number of rotatable bonds is 4. The number of hydrogen-bond acceptors (Lipinski definition) is 4. The van der Waals surface area contributed by atoms with E-state index < -0.39 is 5.60 Å². The predicted molar refractivity (Wildman–Crippen MR) is 94.5 cm³/mol. The third kappa shape index (κ3) is 2.84. The summed E-state index contributed by atoms with van der Waals surface area (Å²) in [6.45, 7) is 0. The summed E-state index contributed by atoms with van der Waals surface area (Å²) < 4.78 is 17.5. The number of esters is 1. The summed E-state index contributed by atoms with van der Waals surface area (Å²) in [6, 6.07) is 7.74. The Morgan fingerprint density at radius 1 is 1.00 bits per heavy atom. The second-order valence-corrected chi connectivity index (χ2v) is 7.73. The number of hydrogen-bond donors (Lipinski definition) is 0. The Kier molecular flexibility index (Phi) is 4.48. The number of carbonyl (C=O) groups excluding carboxylic acids is 1. The lowest BCUT2D eigenvalue weighted by Gasteiger charge is -2.27. The maximum absolute atomic E-state index is 13.2. The van der Waals surface area contributed by atoms with Gasteiger partial charge in [-0.3, -0.25) is 0 Å². The molecule has 1 aromatic carbocycles. The molecule has 3 fully saturated rings. The molecule has 1 unspecified atom stereocenters. The molecule has 2 saturated carbocycles. The molecular formula is C21H28O4. The van der Waals surface area contributed by atoms with Crippen molar-refractivity contribution in [1.82, 2.24) is 0 Å². The third-order valence-corrected chi connectivity index (χ3v) is 6.22. The van der Waals surface area contributed by atoms with Crippen LogP contribution in [0.4, 0.5) is 0 Å². The zero-order valence-corrected chi connectivity index (χ0v) is 15.1. The van der Waals surface area contributed by atoms with E-state index in [4.69, 9.17) is 14.2 Å². The van der Waals surface area contributed by atoms with Gasteiger partial charge < -0.3 is 14.2 Å². The van der Waals surface area contributed by atoms with Crippen molar-refractivity contribution in [2.45, 2.75) is 81.5 Å². The zero-order valence-electron chi connectivity index (χ0n) is 15.1. The Balaban J connectivity index is 1.61. The monoisotopic (exact) mass is 344 g/mol. The number of methoxy groups -OCH3 is 1. The highest BCUT2D eigenvalue weighted by molar-refractivity contribution is 5.87. The first kappa shape index (κ1) is 16.9. The van der Waals surface area contributed by atoms with Crippen LogP contribution in [0.1, 0.15) is 69.8 Å². The van der Waals surface area contributed by atoms with Crippen molar-refractivity contribution in [3.05, 3.63) is 29.8 Å². The first-order valence-electron chi connectivity index (χ1n) is 9.76. The van der Waals surface area contributed by atoms with Gasteiger partial charge in [0.2, 0.25) is 5.60 Å². The Labute approximate surface area is 149 Å². The maximum atomic E-state index is 13.2. The molecule has 0 amide bonds. The Bertz CT molecular complexity index is 611. The van der Waals surface area contributed by atoms with Crippen LogP contribution in [-0.2, 0) is 19.9 Å². The Morgan fingerprint density at radius 2 is 1.64 bits per heavy atom. The quantitative estimate of drug-likeness (QED) is 0.596. The molecule has 1 aliphatic heterocycles. The summed E-state index contributed by atoms with van der Waals surface area (Å²) in [7, 11) is 1.65. The molecule has 0 bridgehead atoms. The fourth-order valence-corrected chi connectivity index (χ4v) is 4.76. The van der Waals surface area contributed by atoms with Gasteiger partial charge in [-0.2, -0.15) is 0 Å². The highest BCUT2D eigenvalue weighted by Crippen LogP contribution is 2.63. The lowest BCUT2D eigenvalue weighted by molar-refractivity contribution is -0.157. The van der Waals surface area contributed by atoms with Gasteiger partial charge in [-0.05, 0) is 56.2 Å². The lowest BCUT2D eigenvalue weighted by atomic mass is 9.76. The average Bonchev–Trinajstić information content (AvgIpc) is 3.31. The number of epoxide rings is 1. The van der Waals surface area contributed by atoms with Crippen LogP contribution in [0.5, 0.6) is 5.75 Å². The van der Waals surface area contributed by atoms with E-state index in [9.17, 15) is 4.79 Å². The van der Waals surface area contributed by atoms with Crippen LogP contribution in [0.3, 0.4) is 0 Å². The molecule has 25 heavy (non-hydrogen) atoms. The number of benzene rings is 1. The average molecular weight is 344 g/mol. The Morgan fingerprint density at radius 3 is 2.28 bits per heavy atom. The van der Waals surface area contributed by atoms with E-state index in [-0.39, 0.29) is 17.7 Å². The molecule has 0 radical (unpaired) electrons. The van der Waals surface area contributed by atoms with Gasteiger partial charge in [-0.1, -0.05) is 37.8 Å². The van der Waals surface area contributed by atoms with Crippen molar-refractivity contribution < 1.29 is 19.0 Å². The molecule has 2 aliphatic carbocycles. The molecule has 0 N–H and O–H groups in total. The van der Waals surface area contributed by atoms with Gasteiger partial charge in [-0.25, -0.2) is 4.79 Å². The van der Waals surface area contributed by atoms with Crippen molar-refractivity contribution in [3.63, 3.8) is 0 Å². The van der Waals surface area contributed by atoms with Crippen LogP contribution in [0.25, 0.3) is 0 Å². The van der Waals surface area contributed by atoms with Crippen molar-refractivity contribution in [2.75, 3.05) is 7.11 Å². The second-order valence-electron chi connectivity index (χ2n) is 7.73. The lowest BCUT2D eigenvalue weighted by Crippen LogP contribution is -2.37. The zero-order chi connectivity index (χ0) is 17.3. The number of carbonyl (C=O) groups is 1. The van der Waals surface area contributed by atoms with Crippen LogP contribution in [0.2, 0.25) is 0 Å². The van der Waals surface area contributed by atoms with Crippen molar-refractivity contribution in [2.24, 2.45) is 0 Å². The van der Waals surface area contributed by atoms with Crippen molar-refractivity contribution in [1.29, 1.82) is 0 Å². The molecule has 0 aromatic heterocycles. The highest BCUT2D eigenvalue weighted by Gasteiger charge is 2.76. The van der Waals surface area contributed by atoms with E-state index in [2.05, 4.69) is 0 Å². The molecular weight excluding hydrogens is 316 g/mol. The minimum atomic E-state index is -0.906. The van der Waals surface area contributed by atoms with Crippen molar-refractivity contribution in [3.8, 4) is 5.75 Å². The topological polar surface area (TPSA) is 48.1 Å². The van der Waals surface area contributed by atoms with Crippen LogP contribution < -0.4 is 4.74 Å². The molecule has 1 spiro atoms. The van der Waals surface area contributed by atoms with E-state index in [1.807, 2.05) is 24.3 Å². The van der Waals surface area contributed by atoms with Gasteiger partial charge in [0, 0.05) is 0 Å². The first-order chi connectivity index (χ1) is 12.2. The smallest absolute Gasteiger partial charge is 0.346 e. The molecule has 4 rings (SSSR count). The van der Waals surface area contributed by atoms with Gasteiger partial charge >= 0.3 is 5.97 Å². The first-order valence-corrected chi connectivity index (χ1v) is 9.76. The molecule has 4 heteroatoms. The molecule has 1 atom stereocenters. The van der Waals surface area contributed by atoms with Gasteiger partial charge in [0.05, 0.1) is 7.11 Å². The van der Waals surface area contributed by atoms with E-state index in [1.165, 1.54) is 12.8 Å². The van der Waals surface area contributed by atoms with Crippen LogP contribution in [-0.4, -0.2) is 24.8 Å². The second kappa shape index (κ2) is 6.64. The van der Waals surface area contributed by atoms with Crippen LogP contribution >= 0.6 is 0 Å². The number of ether oxygens (including phenoxy) is 3. The third-order valence-electron chi connectivity index (χ3n) is 6.22. The predicted octanol–water partition coefficient (Wildman–Crippen LogP) is 4.50. The SMILES string of the molecule is COc1ccc(C2(C(=O)OC3CCCCC3)OC23CCCCC3)cc1. The van der Waals surface area contributed by atoms with Gasteiger partial charge in [0.15, 0.2) is 0 Å². The van der Waals surface area contributed by atoms with Gasteiger partial charge in [0.25, 0.3) is 0 Å². The Hall–Kier alpha value is -1.55. The summed E-state index contributed by atoms with van der Waals surface area (Å²) in [4.78, 5) is 13.2. The summed E-state index contributed by atoms with van der Waals surface area (Å²) in [6.07, 6.45) is 10.9. The van der Waals surface area contributed by atoms with Gasteiger partial charge in [0.1, 0.15) is 17.5 Å². The maximum Gasteiger partial charge on any atom is 0.346 e. The standard InChI is InChI=1S/C21H28O4/c1-23-17-12-10-16(11-13-17)21(20(25-21)14-6-3-7-15-20)19(22)24-18-8-4-2-5-9-18/h10-13,18H,2-9,14-15H2,1H3. The largest absolute Gasteiger partial charge is 0.497 e. The van der Waals surface area contributed by atoms with Crippen molar-refractivity contribution >= 4 is 5.97 Å². The summed E-state index contributed by atoms with van der Waals surface area (Å²) in [5.74, 6) is 0.615. The van der Waals surface area contributed by atoms with Crippen LogP contribution in [0.15, 0.2) is 24.3 Å². The minimum absolute atomic E-state index is 0.0567. The molecule has 136 valence electrons. The summed E-state index contributed by atoms with van der Waals surface area (Å²) in [5, 5.41) is 0. The van der Waals surface area contributed by atoms with E-state index in [0.29, 0.717) is 0 Å². The molecule has 1 heterocycles. The minimum Gasteiger partial charge on any atom is -0.497 e. The van der Waals surface area contributed by atoms with Crippen LogP contribution in [0, 0.1) is 0 Å².